The molecule has 5 nitrogen and oxygen atoms in total. The van der Waals surface area contributed by atoms with Crippen molar-refractivity contribution in [2.75, 3.05) is 26.6 Å². The monoisotopic (exact) mass is 401 g/mol. The highest BCUT2D eigenvalue weighted by Gasteiger charge is 2.33. The molecule has 28 heavy (non-hydrogen) atoms. The summed E-state index contributed by atoms with van der Waals surface area (Å²) in [5.74, 6) is 2.95. The third kappa shape index (κ3) is 5.35. The van der Waals surface area contributed by atoms with Gasteiger partial charge in [0.05, 0.1) is 26.6 Å². The van der Waals surface area contributed by atoms with Gasteiger partial charge in [-0.2, -0.15) is 0 Å². The minimum absolute atomic E-state index is 0.145. The Balaban J connectivity index is 1.65. The van der Waals surface area contributed by atoms with Crippen molar-refractivity contribution in [3.8, 4) is 17.2 Å². The fraction of sp³-hybridized carbons (Fsp3) is 0.409. The lowest BCUT2D eigenvalue weighted by Crippen LogP contribution is -2.34. The van der Waals surface area contributed by atoms with Gasteiger partial charge in [-0.3, -0.25) is 4.79 Å². The van der Waals surface area contributed by atoms with Crippen LogP contribution in [-0.4, -0.2) is 43.4 Å². The zero-order valence-electron chi connectivity index (χ0n) is 16.6. The van der Waals surface area contributed by atoms with E-state index in [0.29, 0.717) is 24.9 Å². The van der Waals surface area contributed by atoms with Crippen LogP contribution in [0.4, 0.5) is 0 Å². The molecule has 0 spiro atoms. The molecule has 1 saturated carbocycles. The number of methoxy groups -OCH3 is 2. The Morgan fingerprint density at radius 2 is 1.79 bits per heavy atom. The zero-order chi connectivity index (χ0) is 19.9. The Kier molecular flexibility index (Phi) is 7.09. The van der Waals surface area contributed by atoms with Crippen molar-refractivity contribution >= 4 is 17.7 Å². The normalized spacial score (nSPS) is 13.1. The summed E-state index contributed by atoms with van der Waals surface area (Å²) < 4.78 is 16.3. The average molecular weight is 402 g/mol. The summed E-state index contributed by atoms with van der Waals surface area (Å²) in [6.07, 6.45) is 2.12. The second-order valence-electron chi connectivity index (χ2n) is 6.62. The van der Waals surface area contributed by atoms with Crippen LogP contribution in [0.2, 0.25) is 0 Å². The molecule has 2 aromatic carbocycles. The van der Waals surface area contributed by atoms with E-state index in [-0.39, 0.29) is 5.91 Å². The number of hydrogen-bond donors (Lipinski definition) is 0. The summed E-state index contributed by atoms with van der Waals surface area (Å²) in [5, 5.41) is 0. The zero-order valence-corrected chi connectivity index (χ0v) is 17.5. The summed E-state index contributed by atoms with van der Waals surface area (Å²) in [6.45, 7) is 3.15. The first-order chi connectivity index (χ1) is 13.6. The highest BCUT2D eigenvalue weighted by molar-refractivity contribution is 8.00. The number of ether oxygens (including phenoxy) is 3. The third-order valence-corrected chi connectivity index (χ3v) is 5.63. The number of nitrogens with zero attached hydrogens (tertiary/aromatic N) is 1. The molecule has 150 valence electrons. The maximum Gasteiger partial charge on any atom is 0.233 e. The van der Waals surface area contributed by atoms with Gasteiger partial charge in [0.15, 0.2) is 0 Å². The molecule has 1 fully saturated rings. The van der Waals surface area contributed by atoms with Crippen LogP contribution in [0, 0.1) is 0 Å². The van der Waals surface area contributed by atoms with Gasteiger partial charge in [-0.25, -0.2) is 0 Å². The molecular weight excluding hydrogens is 374 g/mol. The van der Waals surface area contributed by atoms with Crippen molar-refractivity contribution < 1.29 is 19.0 Å². The molecule has 3 rings (SSSR count). The quantitative estimate of drug-likeness (QED) is 0.553. The van der Waals surface area contributed by atoms with Crippen molar-refractivity contribution in [3.63, 3.8) is 0 Å². The van der Waals surface area contributed by atoms with Gasteiger partial charge in [0.25, 0.3) is 0 Å². The molecule has 0 aromatic heterocycles. The molecule has 0 aliphatic heterocycles. The van der Waals surface area contributed by atoms with Gasteiger partial charge >= 0.3 is 0 Å². The van der Waals surface area contributed by atoms with E-state index < -0.39 is 0 Å². The topological polar surface area (TPSA) is 48.0 Å². The number of carbonyl (C=O) groups is 1. The van der Waals surface area contributed by atoms with Crippen LogP contribution >= 0.6 is 11.8 Å². The first-order valence-corrected chi connectivity index (χ1v) is 10.5. The molecule has 1 aliphatic rings. The lowest BCUT2D eigenvalue weighted by molar-refractivity contribution is -0.129. The molecule has 0 N–H and O–H groups in total. The van der Waals surface area contributed by atoms with Gasteiger partial charge in [0, 0.05) is 23.0 Å². The molecule has 2 aromatic rings. The van der Waals surface area contributed by atoms with Gasteiger partial charge in [-0.15, -0.1) is 11.8 Å². The molecule has 0 heterocycles. The minimum Gasteiger partial charge on any atom is -0.497 e. The highest BCUT2D eigenvalue weighted by atomic mass is 32.2. The Labute approximate surface area is 171 Å². The molecule has 1 aliphatic carbocycles. The smallest absolute Gasteiger partial charge is 0.233 e. The molecule has 0 atom stereocenters. The van der Waals surface area contributed by atoms with E-state index in [1.54, 1.807) is 26.0 Å². The fourth-order valence-electron chi connectivity index (χ4n) is 3.02. The van der Waals surface area contributed by atoms with Crippen LogP contribution in [0.1, 0.15) is 25.3 Å². The molecular formula is C22H27NO4S. The number of benzene rings is 2. The highest BCUT2D eigenvalue weighted by Crippen LogP contribution is 2.33. The van der Waals surface area contributed by atoms with Gasteiger partial charge in [-0.05, 0) is 62.2 Å². The maximum atomic E-state index is 12.9. The number of hydrogen-bond acceptors (Lipinski definition) is 5. The van der Waals surface area contributed by atoms with Crippen LogP contribution in [0.3, 0.4) is 0 Å². The summed E-state index contributed by atoms with van der Waals surface area (Å²) in [7, 11) is 3.29. The van der Waals surface area contributed by atoms with Crippen molar-refractivity contribution in [2.24, 2.45) is 0 Å². The summed E-state index contributed by atoms with van der Waals surface area (Å²) in [4.78, 5) is 16.0. The second kappa shape index (κ2) is 9.73. The van der Waals surface area contributed by atoms with E-state index in [1.807, 2.05) is 54.3 Å². The Morgan fingerprint density at radius 3 is 2.39 bits per heavy atom. The molecule has 0 unspecified atom stereocenters. The van der Waals surface area contributed by atoms with Crippen LogP contribution < -0.4 is 14.2 Å². The van der Waals surface area contributed by atoms with E-state index in [1.165, 1.54) is 0 Å². The van der Waals surface area contributed by atoms with Crippen LogP contribution in [0.15, 0.2) is 47.4 Å². The Bertz CT molecular complexity index is 790. The number of amides is 1. The maximum absolute atomic E-state index is 12.9. The van der Waals surface area contributed by atoms with E-state index in [2.05, 4.69) is 0 Å². The van der Waals surface area contributed by atoms with Crippen LogP contribution in [-0.2, 0) is 11.3 Å². The molecule has 1 amide bonds. The predicted molar refractivity (Wildman–Crippen MR) is 111 cm³/mol. The molecule has 6 heteroatoms. The van der Waals surface area contributed by atoms with Crippen molar-refractivity contribution in [3.05, 3.63) is 48.0 Å². The first-order valence-electron chi connectivity index (χ1n) is 9.50. The summed E-state index contributed by atoms with van der Waals surface area (Å²) >= 11 is 1.55. The van der Waals surface area contributed by atoms with Gasteiger partial charge in [0.2, 0.25) is 5.91 Å². The van der Waals surface area contributed by atoms with E-state index >= 15 is 0 Å². The van der Waals surface area contributed by atoms with Crippen LogP contribution in [0.5, 0.6) is 17.2 Å². The molecule has 0 bridgehead atoms. The third-order valence-electron chi connectivity index (χ3n) is 4.63. The van der Waals surface area contributed by atoms with E-state index in [0.717, 1.165) is 40.5 Å². The van der Waals surface area contributed by atoms with Crippen molar-refractivity contribution in [2.45, 2.75) is 37.2 Å². The van der Waals surface area contributed by atoms with Gasteiger partial charge < -0.3 is 19.1 Å². The lowest BCUT2D eigenvalue weighted by Gasteiger charge is -2.24. The van der Waals surface area contributed by atoms with Crippen molar-refractivity contribution in [1.29, 1.82) is 0 Å². The number of carbonyl (C=O) groups excluding carboxylic acids is 1. The summed E-state index contributed by atoms with van der Waals surface area (Å²) in [6, 6.07) is 13.9. The van der Waals surface area contributed by atoms with E-state index in [9.17, 15) is 4.79 Å². The first kappa shape index (κ1) is 20.4. The number of thioether (sulfide) groups is 1. The lowest BCUT2D eigenvalue weighted by atomic mass is 10.1. The predicted octanol–water partition coefficient (Wildman–Crippen LogP) is 4.39. The number of rotatable bonds is 10. The molecule has 0 radical (unpaired) electrons. The second-order valence-corrected chi connectivity index (χ2v) is 7.67. The van der Waals surface area contributed by atoms with Gasteiger partial charge in [0.1, 0.15) is 17.2 Å². The van der Waals surface area contributed by atoms with Gasteiger partial charge in [-0.1, -0.05) is 0 Å². The average Bonchev–Trinajstić information content (AvgIpc) is 3.56. The fourth-order valence-corrected chi connectivity index (χ4v) is 3.81. The molecule has 0 saturated heterocycles. The standard InChI is InChI=1S/C22H27NO4S/c1-4-27-18-7-10-20(11-8-18)28-15-22(24)23(17-5-6-17)14-16-13-19(25-2)9-12-21(16)26-3/h7-13,17H,4-6,14-15H2,1-3H3. The summed E-state index contributed by atoms with van der Waals surface area (Å²) in [5.41, 5.74) is 0.966. The SMILES string of the molecule is CCOc1ccc(SCC(=O)N(Cc2cc(OC)ccc2OC)C2CC2)cc1. The largest absolute Gasteiger partial charge is 0.497 e. The minimum atomic E-state index is 0.145. The Hall–Kier alpha value is -2.34. The Morgan fingerprint density at radius 1 is 1.07 bits per heavy atom. The van der Waals surface area contributed by atoms with Crippen LogP contribution in [0.25, 0.3) is 0 Å². The van der Waals surface area contributed by atoms with Crippen molar-refractivity contribution in [1.82, 2.24) is 4.90 Å². The van der Waals surface area contributed by atoms with E-state index in [4.69, 9.17) is 14.2 Å².